The van der Waals surface area contributed by atoms with E-state index in [2.05, 4.69) is 22.0 Å². The van der Waals surface area contributed by atoms with Crippen LogP contribution in [-0.2, 0) is 39.2 Å². The third-order valence-electron chi connectivity index (χ3n) is 7.56. The van der Waals surface area contributed by atoms with Gasteiger partial charge in [0.15, 0.2) is 5.69 Å². The molecule has 0 radical (unpaired) electrons. The highest BCUT2D eigenvalue weighted by atomic mass is 19.4. The molecular formula is C30H28F3N7O. The quantitative estimate of drug-likeness (QED) is 0.312. The van der Waals surface area contributed by atoms with Crippen LogP contribution in [0.15, 0.2) is 61.4 Å². The maximum Gasteiger partial charge on any atom is 0.435 e. The minimum atomic E-state index is -4.65. The minimum Gasteiger partial charge on any atom is -0.333 e. The summed E-state index contributed by atoms with van der Waals surface area (Å²) in [5.74, 6) is -0.277. The van der Waals surface area contributed by atoms with Crippen LogP contribution in [0.5, 0.6) is 0 Å². The molecule has 0 saturated carbocycles. The highest BCUT2D eigenvalue weighted by molar-refractivity contribution is 6.13. The minimum absolute atomic E-state index is 0.0421. The molecule has 41 heavy (non-hydrogen) atoms. The molecule has 1 amide bonds. The summed E-state index contributed by atoms with van der Waals surface area (Å²) < 4.78 is 45.1. The molecule has 0 saturated heterocycles. The largest absolute Gasteiger partial charge is 0.435 e. The van der Waals surface area contributed by atoms with Crippen molar-refractivity contribution in [1.82, 2.24) is 24.3 Å². The Kier molecular flexibility index (Phi) is 6.61. The summed E-state index contributed by atoms with van der Waals surface area (Å²) >= 11 is 0. The molecule has 0 bridgehead atoms. The lowest BCUT2D eigenvalue weighted by Gasteiger charge is -2.31. The zero-order valence-corrected chi connectivity index (χ0v) is 22.6. The number of nitrogens with two attached hydrogens (primary N) is 1. The van der Waals surface area contributed by atoms with Gasteiger partial charge in [0.25, 0.3) is 5.91 Å². The molecule has 210 valence electrons. The van der Waals surface area contributed by atoms with E-state index in [0.717, 1.165) is 33.1 Å². The molecule has 0 spiro atoms. The summed E-state index contributed by atoms with van der Waals surface area (Å²) in [4.78, 5) is 24.5. The van der Waals surface area contributed by atoms with E-state index in [1.165, 1.54) is 13.2 Å². The maximum atomic E-state index is 14.2. The molecule has 6 rings (SSSR count). The molecular weight excluding hydrogens is 531 g/mol. The van der Waals surface area contributed by atoms with Gasteiger partial charge in [0, 0.05) is 68.0 Å². The highest BCUT2D eigenvalue weighted by Gasteiger charge is 2.39. The smallest absolute Gasteiger partial charge is 0.333 e. The van der Waals surface area contributed by atoms with Crippen molar-refractivity contribution >= 4 is 22.5 Å². The number of hydrogen-bond acceptors (Lipinski definition) is 5. The number of fused-ring (bicyclic) bond motifs is 2. The van der Waals surface area contributed by atoms with Crippen LogP contribution < -0.4 is 10.6 Å². The van der Waals surface area contributed by atoms with Gasteiger partial charge < -0.3 is 15.2 Å². The second-order valence-corrected chi connectivity index (χ2v) is 10.2. The molecule has 4 heterocycles. The average molecular weight is 560 g/mol. The number of carbonyl (C=O) groups is 1. The van der Waals surface area contributed by atoms with E-state index in [-0.39, 0.29) is 11.5 Å². The standard InChI is InChI=1S/C30H28F3N7O/c1-3-18-10-20(14-34)27-24(11-18)26(4-6-36-27)40-8-5-21-22(25-16-38(2)37-28(25)30(31,32)33)12-19(13-23(21)29(40)41)15-39-9-7-35-17-39/h4,6-7,9-13,16-17H,3,5,8,14-15,34H2,1-2H3. The fourth-order valence-corrected chi connectivity index (χ4v) is 5.69. The van der Waals surface area contributed by atoms with Gasteiger partial charge in [-0.05, 0) is 64.9 Å². The van der Waals surface area contributed by atoms with Crippen LogP contribution in [0.1, 0.15) is 45.2 Å². The van der Waals surface area contributed by atoms with Crippen LogP contribution in [0.2, 0.25) is 0 Å². The monoisotopic (exact) mass is 559 g/mol. The van der Waals surface area contributed by atoms with Gasteiger partial charge >= 0.3 is 6.18 Å². The molecule has 11 heteroatoms. The van der Waals surface area contributed by atoms with Gasteiger partial charge in [-0.15, -0.1) is 0 Å². The fourth-order valence-electron chi connectivity index (χ4n) is 5.69. The number of benzene rings is 2. The third-order valence-corrected chi connectivity index (χ3v) is 7.56. The number of aryl methyl sites for hydroxylation is 2. The Bertz CT molecular complexity index is 1770. The number of imidazole rings is 1. The van der Waals surface area contributed by atoms with Gasteiger partial charge in [-0.2, -0.15) is 18.3 Å². The van der Waals surface area contributed by atoms with E-state index < -0.39 is 11.9 Å². The summed E-state index contributed by atoms with van der Waals surface area (Å²) in [6, 6.07) is 9.39. The van der Waals surface area contributed by atoms with Gasteiger partial charge in [-0.25, -0.2) is 4.98 Å². The highest BCUT2D eigenvalue weighted by Crippen LogP contribution is 2.41. The van der Waals surface area contributed by atoms with Gasteiger partial charge in [0.2, 0.25) is 0 Å². The van der Waals surface area contributed by atoms with Crippen molar-refractivity contribution in [1.29, 1.82) is 0 Å². The molecule has 1 aliphatic rings. The predicted octanol–water partition coefficient (Wildman–Crippen LogP) is 5.12. The first kappa shape index (κ1) is 26.7. The Morgan fingerprint density at radius 1 is 1.05 bits per heavy atom. The molecule has 2 N–H and O–H groups in total. The van der Waals surface area contributed by atoms with Crippen LogP contribution >= 0.6 is 0 Å². The Hall–Kier alpha value is -4.51. The van der Waals surface area contributed by atoms with E-state index in [1.54, 1.807) is 42.0 Å². The molecule has 3 aromatic heterocycles. The zero-order chi connectivity index (χ0) is 28.9. The lowest BCUT2D eigenvalue weighted by molar-refractivity contribution is -0.140. The Morgan fingerprint density at radius 3 is 2.56 bits per heavy atom. The lowest BCUT2D eigenvalue weighted by atomic mass is 9.87. The number of nitrogens with zero attached hydrogens (tertiary/aromatic N) is 6. The molecule has 0 atom stereocenters. The molecule has 1 aliphatic heterocycles. The number of alkyl halides is 3. The number of aromatic nitrogens is 5. The summed E-state index contributed by atoms with van der Waals surface area (Å²) in [5.41, 5.74) is 10.4. The molecule has 0 aliphatic carbocycles. The van der Waals surface area contributed by atoms with E-state index >= 15 is 0 Å². The van der Waals surface area contributed by atoms with Crippen molar-refractivity contribution in [3.63, 3.8) is 0 Å². The van der Waals surface area contributed by atoms with Crippen molar-refractivity contribution in [2.24, 2.45) is 12.8 Å². The predicted molar refractivity (Wildman–Crippen MR) is 149 cm³/mol. The Morgan fingerprint density at radius 2 is 1.85 bits per heavy atom. The summed E-state index contributed by atoms with van der Waals surface area (Å²) in [6.45, 7) is 3.00. The number of rotatable bonds is 6. The van der Waals surface area contributed by atoms with Crippen molar-refractivity contribution < 1.29 is 18.0 Å². The van der Waals surface area contributed by atoms with Crippen molar-refractivity contribution in [3.05, 3.63) is 95.0 Å². The molecule has 5 aromatic rings. The van der Waals surface area contributed by atoms with Crippen LogP contribution in [0.4, 0.5) is 18.9 Å². The first-order chi connectivity index (χ1) is 19.7. The Balaban J connectivity index is 1.52. The normalized spacial score (nSPS) is 13.7. The van der Waals surface area contributed by atoms with Gasteiger partial charge in [-0.3, -0.25) is 14.5 Å². The van der Waals surface area contributed by atoms with E-state index in [0.29, 0.717) is 54.0 Å². The summed E-state index contributed by atoms with van der Waals surface area (Å²) in [6.07, 6.45) is 4.57. The zero-order valence-electron chi connectivity index (χ0n) is 22.6. The van der Waals surface area contributed by atoms with E-state index in [1.807, 2.05) is 22.8 Å². The van der Waals surface area contributed by atoms with Crippen LogP contribution in [0.25, 0.3) is 22.0 Å². The van der Waals surface area contributed by atoms with Crippen molar-refractivity contribution in [2.75, 3.05) is 11.4 Å². The summed E-state index contributed by atoms with van der Waals surface area (Å²) in [5, 5.41) is 4.55. The average Bonchev–Trinajstić information content (AvgIpc) is 3.62. The molecule has 2 aromatic carbocycles. The van der Waals surface area contributed by atoms with Gasteiger partial charge in [0.05, 0.1) is 17.5 Å². The van der Waals surface area contributed by atoms with E-state index in [4.69, 9.17) is 5.73 Å². The second kappa shape index (κ2) is 10.2. The first-order valence-corrected chi connectivity index (χ1v) is 13.3. The topological polar surface area (TPSA) is 94.9 Å². The Labute approximate surface area is 234 Å². The molecule has 0 unspecified atom stereocenters. The van der Waals surface area contributed by atoms with E-state index in [9.17, 15) is 18.0 Å². The van der Waals surface area contributed by atoms with Gasteiger partial charge in [0.1, 0.15) is 0 Å². The number of hydrogen-bond donors (Lipinski definition) is 1. The summed E-state index contributed by atoms with van der Waals surface area (Å²) in [7, 11) is 1.46. The van der Waals surface area contributed by atoms with Crippen molar-refractivity contribution in [3.8, 4) is 11.1 Å². The number of amides is 1. The number of carbonyl (C=O) groups excluding carboxylic acids is 1. The third kappa shape index (κ3) is 4.76. The van der Waals surface area contributed by atoms with Crippen LogP contribution in [0.3, 0.4) is 0 Å². The number of pyridine rings is 1. The second-order valence-electron chi connectivity index (χ2n) is 10.2. The van der Waals surface area contributed by atoms with Gasteiger partial charge in [-0.1, -0.05) is 13.0 Å². The SMILES string of the molecule is CCc1cc(CN)c2nccc(N3CCc4c(cc(Cn5ccnc5)cc4-c4cn(C)nc4C(F)(F)F)C3=O)c2c1. The van der Waals surface area contributed by atoms with Crippen LogP contribution in [0, 0.1) is 0 Å². The molecule has 8 nitrogen and oxygen atoms in total. The number of anilines is 1. The lowest BCUT2D eigenvalue weighted by Crippen LogP contribution is -2.38. The molecule has 0 fully saturated rings. The van der Waals surface area contributed by atoms with Crippen molar-refractivity contribution in [2.45, 2.75) is 39.0 Å². The maximum absolute atomic E-state index is 14.2. The number of halogens is 3. The first-order valence-electron chi connectivity index (χ1n) is 13.3. The fraction of sp³-hybridized carbons (Fsp3) is 0.267. The van der Waals surface area contributed by atoms with Crippen LogP contribution in [-0.4, -0.2) is 36.8 Å².